The number of halogens is 1. The maximum atomic E-state index is 10.4. The van der Waals surface area contributed by atoms with Gasteiger partial charge in [-0.05, 0) is 26.2 Å². The van der Waals surface area contributed by atoms with Crippen LogP contribution in [0.1, 0.15) is 16.3 Å². The quantitative estimate of drug-likeness (QED) is 0.812. The van der Waals surface area contributed by atoms with E-state index in [1.165, 1.54) is 6.07 Å². The van der Waals surface area contributed by atoms with Gasteiger partial charge >= 0.3 is 5.97 Å². The number of hydrogen-bond acceptors (Lipinski definition) is 3. The third-order valence-corrected chi connectivity index (χ3v) is 1.34. The minimum atomic E-state index is -1.03. The molecule has 0 aliphatic carbocycles. The van der Waals surface area contributed by atoms with Gasteiger partial charge in [0.15, 0.2) is 0 Å². The molecule has 0 spiro atoms. The molecule has 0 unspecified atom stereocenters. The van der Waals surface area contributed by atoms with Crippen molar-refractivity contribution in [2.75, 3.05) is 14.1 Å². The highest BCUT2D eigenvalue weighted by Crippen LogP contribution is 2.08. The van der Waals surface area contributed by atoms with Crippen LogP contribution in [0.5, 0.6) is 0 Å². The standard InChI is InChI=1S/C8H11NO3.ClH/c1-9(2)5-6-3-4-7(12-6)8(10)11;/h3-4H,5H2,1-2H3,(H,10,11);1H. The van der Waals surface area contributed by atoms with E-state index >= 15 is 0 Å². The minimum absolute atomic E-state index is 0. The van der Waals surface area contributed by atoms with Crippen LogP contribution < -0.4 is 0 Å². The van der Waals surface area contributed by atoms with E-state index in [1.54, 1.807) is 6.07 Å². The topological polar surface area (TPSA) is 53.7 Å². The smallest absolute Gasteiger partial charge is 0.371 e. The van der Waals surface area contributed by atoms with Crippen molar-refractivity contribution in [3.63, 3.8) is 0 Å². The second kappa shape index (κ2) is 4.89. The highest BCUT2D eigenvalue weighted by molar-refractivity contribution is 5.85. The first-order valence-electron chi connectivity index (χ1n) is 3.56. The second-order valence-corrected chi connectivity index (χ2v) is 2.81. The first-order chi connectivity index (χ1) is 5.59. The second-order valence-electron chi connectivity index (χ2n) is 2.81. The minimum Gasteiger partial charge on any atom is -0.475 e. The van der Waals surface area contributed by atoms with Gasteiger partial charge in [0.05, 0.1) is 6.54 Å². The number of carbonyl (C=O) groups is 1. The molecule has 1 N–H and O–H groups in total. The van der Waals surface area contributed by atoms with E-state index in [1.807, 2.05) is 19.0 Å². The van der Waals surface area contributed by atoms with Crippen LogP contribution in [0.2, 0.25) is 0 Å². The summed E-state index contributed by atoms with van der Waals surface area (Å²) in [5, 5.41) is 8.52. The van der Waals surface area contributed by atoms with Crippen molar-refractivity contribution in [1.82, 2.24) is 4.90 Å². The molecule has 0 aromatic carbocycles. The molecule has 1 aromatic rings. The lowest BCUT2D eigenvalue weighted by Crippen LogP contribution is -2.09. The fraction of sp³-hybridized carbons (Fsp3) is 0.375. The molecule has 0 amide bonds. The molecule has 0 aliphatic rings. The lowest BCUT2D eigenvalue weighted by Gasteiger charge is -2.05. The fourth-order valence-electron chi connectivity index (χ4n) is 0.890. The summed E-state index contributed by atoms with van der Waals surface area (Å²) in [4.78, 5) is 12.3. The van der Waals surface area contributed by atoms with Gasteiger partial charge in [-0.25, -0.2) is 4.79 Å². The molecule has 13 heavy (non-hydrogen) atoms. The Morgan fingerprint density at radius 1 is 1.54 bits per heavy atom. The summed E-state index contributed by atoms with van der Waals surface area (Å²) in [6.45, 7) is 0.618. The third-order valence-electron chi connectivity index (χ3n) is 1.34. The summed E-state index contributed by atoms with van der Waals surface area (Å²) in [6.07, 6.45) is 0. The Hall–Kier alpha value is -1.00. The number of aromatic carboxylic acids is 1. The Balaban J connectivity index is 0.00000144. The molecular formula is C8H12ClNO3. The van der Waals surface area contributed by atoms with E-state index < -0.39 is 5.97 Å². The van der Waals surface area contributed by atoms with Gasteiger partial charge in [0.2, 0.25) is 5.76 Å². The molecule has 74 valence electrons. The predicted octanol–water partition coefficient (Wildman–Crippen LogP) is 1.46. The molecule has 0 saturated heterocycles. The van der Waals surface area contributed by atoms with Crippen molar-refractivity contribution in [1.29, 1.82) is 0 Å². The van der Waals surface area contributed by atoms with Gasteiger partial charge in [-0.3, -0.25) is 0 Å². The molecule has 0 saturated carbocycles. The van der Waals surface area contributed by atoms with Crippen molar-refractivity contribution in [3.8, 4) is 0 Å². The van der Waals surface area contributed by atoms with Gasteiger partial charge in [-0.2, -0.15) is 0 Å². The number of furan rings is 1. The normalized spacial score (nSPS) is 9.77. The Morgan fingerprint density at radius 2 is 2.15 bits per heavy atom. The molecule has 0 radical (unpaired) electrons. The predicted molar refractivity (Wildman–Crippen MR) is 50.3 cm³/mol. The van der Waals surface area contributed by atoms with E-state index in [-0.39, 0.29) is 18.2 Å². The van der Waals surface area contributed by atoms with E-state index in [0.29, 0.717) is 12.3 Å². The number of rotatable bonds is 3. The first-order valence-corrected chi connectivity index (χ1v) is 3.56. The number of carboxylic acid groups (broad SMARTS) is 1. The van der Waals surface area contributed by atoms with Crippen LogP contribution in [-0.2, 0) is 6.54 Å². The van der Waals surface area contributed by atoms with Crippen molar-refractivity contribution < 1.29 is 14.3 Å². The SMILES string of the molecule is CN(C)Cc1ccc(C(=O)O)o1.Cl. The van der Waals surface area contributed by atoms with Crippen molar-refractivity contribution in [2.45, 2.75) is 6.54 Å². The van der Waals surface area contributed by atoms with Crippen LogP contribution in [0.25, 0.3) is 0 Å². The molecule has 1 rings (SSSR count). The summed E-state index contributed by atoms with van der Waals surface area (Å²) in [5.74, 6) is -0.371. The Morgan fingerprint density at radius 3 is 2.54 bits per heavy atom. The van der Waals surface area contributed by atoms with Gasteiger partial charge in [0, 0.05) is 0 Å². The highest BCUT2D eigenvalue weighted by atomic mass is 35.5. The van der Waals surface area contributed by atoms with Crippen LogP contribution in [0.15, 0.2) is 16.5 Å². The Bertz CT molecular complexity index is 283. The molecule has 5 heteroatoms. The van der Waals surface area contributed by atoms with Crippen LogP contribution in [-0.4, -0.2) is 30.1 Å². The van der Waals surface area contributed by atoms with E-state index in [4.69, 9.17) is 9.52 Å². The Labute approximate surface area is 82.6 Å². The number of hydrogen-bond donors (Lipinski definition) is 1. The molecule has 0 bridgehead atoms. The molecule has 1 heterocycles. The van der Waals surface area contributed by atoms with Crippen LogP contribution >= 0.6 is 12.4 Å². The highest BCUT2D eigenvalue weighted by Gasteiger charge is 2.08. The Kier molecular flexibility index (Phi) is 4.51. The van der Waals surface area contributed by atoms with E-state index in [2.05, 4.69) is 0 Å². The number of carboxylic acids is 1. The number of nitrogens with zero attached hydrogens (tertiary/aromatic N) is 1. The zero-order valence-electron chi connectivity index (χ0n) is 7.48. The average molecular weight is 206 g/mol. The van der Waals surface area contributed by atoms with Crippen molar-refractivity contribution >= 4 is 18.4 Å². The van der Waals surface area contributed by atoms with E-state index in [9.17, 15) is 4.79 Å². The zero-order chi connectivity index (χ0) is 9.14. The summed E-state index contributed by atoms with van der Waals surface area (Å²) in [5.41, 5.74) is 0. The summed E-state index contributed by atoms with van der Waals surface area (Å²) >= 11 is 0. The first kappa shape index (κ1) is 12.0. The van der Waals surface area contributed by atoms with Crippen LogP contribution in [0.3, 0.4) is 0 Å². The third kappa shape index (κ3) is 3.48. The molecule has 0 aliphatic heterocycles. The monoisotopic (exact) mass is 205 g/mol. The average Bonchev–Trinajstić information content (AvgIpc) is 2.34. The fourth-order valence-corrected chi connectivity index (χ4v) is 0.890. The lowest BCUT2D eigenvalue weighted by atomic mass is 10.4. The van der Waals surface area contributed by atoms with Crippen LogP contribution in [0, 0.1) is 0 Å². The molecule has 0 fully saturated rings. The van der Waals surface area contributed by atoms with Gasteiger partial charge < -0.3 is 14.4 Å². The summed E-state index contributed by atoms with van der Waals surface area (Å²) in [6, 6.07) is 3.13. The van der Waals surface area contributed by atoms with Gasteiger partial charge in [0.1, 0.15) is 5.76 Å². The maximum Gasteiger partial charge on any atom is 0.371 e. The van der Waals surface area contributed by atoms with Gasteiger partial charge in [-0.15, -0.1) is 12.4 Å². The van der Waals surface area contributed by atoms with E-state index in [0.717, 1.165) is 0 Å². The summed E-state index contributed by atoms with van der Waals surface area (Å²) < 4.78 is 5.01. The van der Waals surface area contributed by atoms with Crippen molar-refractivity contribution in [3.05, 3.63) is 23.7 Å². The zero-order valence-corrected chi connectivity index (χ0v) is 8.30. The molecule has 0 atom stereocenters. The largest absolute Gasteiger partial charge is 0.475 e. The maximum absolute atomic E-state index is 10.4. The van der Waals surface area contributed by atoms with Crippen molar-refractivity contribution in [2.24, 2.45) is 0 Å². The molecule has 1 aromatic heterocycles. The molecular weight excluding hydrogens is 194 g/mol. The molecule has 4 nitrogen and oxygen atoms in total. The van der Waals surface area contributed by atoms with Crippen LogP contribution in [0.4, 0.5) is 0 Å². The van der Waals surface area contributed by atoms with Gasteiger partial charge in [0.25, 0.3) is 0 Å². The van der Waals surface area contributed by atoms with Gasteiger partial charge in [-0.1, -0.05) is 0 Å². The summed E-state index contributed by atoms with van der Waals surface area (Å²) in [7, 11) is 3.78. The lowest BCUT2D eigenvalue weighted by molar-refractivity contribution is 0.0659.